The summed E-state index contributed by atoms with van der Waals surface area (Å²) < 4.78 is 6.91. The van der Waals surface area contributed by atoms with Crippen molar-refractivity contribution < 1.29 is 24.2 Å². The fraction of sp³-hybridized carbons (Fsp3) is 0.529. The van der Waals surface area contributed by atoms with Gasteiger partial charge < -0.3 is 24.2 Å². The number of carbonyl (C=O) groups is 3. The number of carboxylic acids is 1. The van der Waals surface area contributed by atoms with E-state index in [0.29, 0.717) is 31.9 Å². The van der Waals surface area contributed by atoms with Crippen molar-refractivity contribution in [2.24, 2.45) is 13.0 Å². The zero-order chi connectivity index (χ0) is 19.4. The van der Waals surface area contributed by atoms with Crippen molar-refractivity contribution in [3.8, 4) is 0 Å². The van der Waals surface area contributed by atoms with E-state index in [9.17, 15) is 14.4 Å². The van der Waals surface area contributed by atoms with Gasteiger partial charge in [-0.25, -0.2) is 0 Å². The fourth-order valence-corrected chi connectivity index (χ4v) is 2.97. The van der Waals surface area contributed by atoms with Crippen molar-refractivity contribution in [3.63, 3.8) is 0 Å². The molecule has 3 heterocycles. The lowest BCUT2D eigenvalue weighted by molar-refractivity contribution is -0.135. The van der Waals surface area contributed by atoms with Gasteiger partial charge in [-0.2, -0.15) is 0 Å². The molecule has 9 nitrogen and oxygen atoms in total. The Bertz CT molecular complexity index is 755. The average Bonchev–Trinajstić information content (AvgIpc) is 2.74. The highest BCUT2D eigenvalue weighted by atomic mass is 16.5. The molecular formula is C17H23N3O6. The van der Waals surface area contributed by atoms with Gasteiger partial charge in [0.2, 0.25) is 11.5 Å². The van der Waals surface area contributed by atoms with E-state index in [0.717, 1.165) is 6.92 Å². The Labute approximate surface area is 150 Å². The van der Waals surface area contributed by atoms with Gasteiger partial charge in [-0.3, -0.25) is 19.2 Å². The first kappa shape index (κ1) is 19.6. The van der Waals surface area contributed by atoms with Crippen molar-refractivity contribution in [2.45, 2.75) is 13.0 Å². The van der Waals surface area contributed by atoms with E-state index in [4.69, 9.17) is 14.6 Å². The summed E-state index contributed by atoms with van der Waals surface area (Å²) in [5.41, 5.74) is 0.297. The quantitative estimate of drug-likeness (QED) is 0.712. The molecule has 0 aromatic carbocycles. The number of nitrogens with zero attached hydrogens (tertiary/aromatic N) is 3. The van der Waals surface area contributed by atoms with E-state index >= 15 is 0 Å². The number of amides is 2. The number of carboxylic acid groups (broad SMARTS) is 1. The van der Waals surface area contributed by atoms with Gasteiger partial charge in [0.15, 0.2) is 0 Å². The fourth-order valence-electron chi connectivity index (χ4n) is 2.97. The molecule has 26 heavy (non-hydrogen) atoms. The molecule has 0 radical (unpaired) electrons. The molecule has 2 atom stereocenters. The molecule has 0 spiro atoms. The topological polar surface area (TPSA) is 109 Å². The minimum absolute atomic E-state index is 0.0262. The van der Waals surface area contributed by atoms with Crippen LogP contribution in [0.4, 0.5) is 0 Å². The largest absolute Gasteiger partial charge is 0.481 e. The van der Waals surface area contributed by atoms with E-state index in [1.54, 1.807) is 23.9 Å². The summed E-state index contributed by atoms with van der Waals surface area (Å²) in [7, 11) is 3.37. The summed E-state index contributed by atoms with van der Waals surface area (Å²) >= 11 is 0. The van der Waals surface area contributed by atoms with Crippen molar-refractivity contribution >= 4 is 17.8 Å². The minimum atomic E-state index is -0.833. The lowest BCUT2D eigenvalue weighted by atomic mass is 10.1. The van der Waals surface area contributed by atoms with Crippen LogP contribution in [0.2, 0.25) is 0 Å². The van der Waals surface area contributed by atoms with Crippen LogP contribution in [0, 0.1) is 5.92 Å². The van der Waals surface area contributed by atoms with Crippen LogP contribution in [0.1, 0.15) is 17.3 Å². The van der Waals surface area contributed by atoms with Crippen LogP contribution in [0.15, 0.2) is 23.1 Å². The first-order valence-electron chi connectivity index (χ1n) is 8.20. The second-order valence-electron chi connectivity index (χ2n) is 6.43. The first-order chi connectivity index (χ1) is 12.2. The molecule has 2 aliphatic rings. The highest BCUT2D eigenvalue weighted by Crippen LogP contribution is 2.20. The lowest BCUT2D eigenvalue weighted by Crippen LogP contribution is -2.45. The second kappa shape index (κ2) is 8.13. The average molecular weight is 365 g/mol. The Morgan fingerprint density at radius 2 is 1.81 bits per heavy atom. The molecule has 3 rings (SSSR count). The molecule has 2 saturated heterocycles. The Balaban J connectivity index is 0.000000552. The predicted octanol–water partition coefficient (Wildman–Crippen LogP) is -0.595. The van der Waals surface area contributed by atoms with E-state index in [1.165, 1.54) is 22.9 Å². The number of fused-ring (bicyclic) bond motifs is 3. The molecule has 2 amide bonds. The third-order valence-corrected chi connectivity index (χ3v) is 4.37. The molecule has 1 aromatic heterocycles. The van der Waals surface area contributed by atoms with Crippen LogP contribution in [0.5, 0.6) is 0 Å². The number of aliphatic carboxylic acids is 1. The molecule has 0 saturated carbocycles. The van der Waals surface area contributed by atoms with E-state index in [2.05, 4.69) is 0 Å². The van der Waals surface area contributed by atoms with Crippen molar-refractivity contribution in [1.29, 1.82) is 0 Å². The maximum absolute atomic E-state index is 12.7. The Morgan fingerprint density at radius 3 is 2.42 bits per heavy atom. The monoisotopic (exact) mass is 365 g/mol. The number of rotatable bonds is 1. The van der Waals surface area contributed by atoms with Crippen molar-refractivity contribution in [3.05, 3.63) is 34.2 Å². The summed E-state index contributed by atoms with van der Waals surface area (Å²) in [5.74, 6) is -1.29. The molecule has 0 unspecified atom stereocenters. The molecule has 2 fully saturated rings. The molecule has 2 bridgehead atoms. The Hall–Kier alpha value is -2.68. The van der Waals surface area contributed by atoms with Gasteiger partial charge in [-0.1, -0.05) is 0 Å². The molecule has 1 aromatic rings. The molecule has 1 N–H and O–H groups in total. The normalized spacial score (nSPS) is 22.2. The maximum Gasteiger partial charge on any atom is 0.300 e. The van der Waals surface area contributed by atoms with Crippen molar-refractivity contribution in [1.82, 2.24) is 14.4 Å². The number of likely N-dealkylation sites (N-methyl/N-ethyl adjacent to an activating group) is 1. The zero-order valence-corrected chi connectivity index (χ0v) is 15.0. The standard InChI is InChI=1S/C15H19N3O4.C2H4O2/c1-16-5-10(3-4-13(16)19)15(21)18-6-11-8-22-9-12(7-18)17(2)14(11)20;1-2(3)4/h3-5,11-12H,6-9H2,1-2H3;1H3,(H,3,4)/t11-,12+;/m1./s1. The van der Waals surface area contributed by atoms with Crippen LogP contribution >= 0.6 is 0 Å². The Kier molecular flexibility index (Phi) is 6.14. The van der Waals surface area contributed by atoms with Crippen LogP contribution in [0.25, 0.3) is 0 Å². The van der Waals surface area contributed by atoms with E-state index in [-0.39, 0.29) is 29.3 Å². The number of hydrogen-bond donors (Lipinski definition) is 1. The SMILES string of the molecule is CC(=O)O.CN1C(=O)[C@H]2COC[C@@H]1CN(C(=O)c1ccc(=O)n(C)c1)C2. The Morgan fingerprint density at radius 1 is 1.15 bits per heavy atom. The summed E-state index contributed by atoms with van der Waals surface area (Å²) in [6, 6.07) is 2.79. The van der Waals surface area contributed by atoms with E-state index < -0.39 is 5.97 Å². The van der Waals surface area contributed by atoms with Crippen LogP contribution in [-0.2, 0) is 21.4 Å². The summed E-state index contributed by atoms with van der Waals surface area (Å²) in [6.07, 6.45) is 1.54. The third kappa shape index (κ3) is 4.48. The second-order valence-corrected chi connectivity index (χ2v) is 6.43. The summed E-state index contributed by atoms with van der Waals surface area (Å²) in [5, 5.41) is 7.42. The van der Waals surface area contributed by atoms with Gasteiger partial charge in [-0.15, -0.1) is 0 Å². The number of carbonyl (C=O) groups excluding carboxylic acids is 2. The highest BCUT2D eigenvalue weighted by molar-refractivity contribution is 5.94. The van der Waals surface area contributed by atoms with Gasteiger partial charge in [0.05, 0.1) is 30.7 Å². The van der Waals surface area contributed by atoms with Crippen molar-refractivity contribution in [2.75, 3.05) is 33.4 Å². The number of pyridine rings is 1. The van der Waals surface area contributed by atoms with Gasteiger partial charge in [0, 0.05) is 46.4 Å². The maximum atomic E-state index is 12.7. The predicted molar refractivity (Wildman–Crippen MR) is 91.8 cm³/mol. The smallest absolute Gasteiger partial charge is 0.300 e. The van der Waals surface area contributed by atoms with Gasteiger partial charge in [0.25, 0.3) is 11.9 Å². The van der Waals surface area contributed by atoms with Crippen LogP contribution in [-0.4, -0.2) is 76.6 Å². The number of aromatic nitrogens is 1. The van der Waals surface area contributed by atoms with Gasteiger partial charge in [-0.05, 0) is 6.07 Å². The first-order valence-corrected chi connectivity index (χ1v) is 8.20. The summed E-state index contributed by atoms with van der Waals surface area (Å²) in [4.78, 5) is 48.8. The van der Waals surface area contributed by atoms with Gasteiger partial charge in [0.1, 0.15) is 0 Å². The number of hydrogen-bond acceptors (Lipinski definition) is 5. The molecule has 9 heteroatoms. The molecule has 0 aliphatic carbocycles. The number of aryl methyl sites for hydroxylation is 1. The highest BCUT2D eigenvalue weighted by Gasteiger charge is 2.38. The number of ether oxygens (including phenoxy) is 1. The third-order valence-electron chi connectivity index (χ3n) is 4.37. The van der Waals surface area contributed by atoms with Gasteiger partial charge >= 0.3 is 0 Å². The lowest BCUT2D eigenvalue weighted by Gasteiger charge is -2.29. The molecule has 142 valence electrons. The van der Waals surface area contributed by atoms with Crippen LogP contribution in [0.3, 0.4) is 0 Å². The van der Waals surface area contributed by atoms with E-state index in [1.807, 2.05) is 0 Å². The van der Waals surface area contributed by atoms with Crippen LogP contribution < -0.4 is 5.56 Å². The molecular weight excluding hydrogens is 342 g/mol. The molecule has 2 aliphatic heterocycles. The minimum Gasteiger partial charge on any atom is -0.481 e. The zero-order valence-electron chi connectivity index (χ0n) is 15.0. The summed E-state index contributed by atoms with van der Waals surface area (Å²) in [6.45, 7) is 2.66.